The molecule has 0 aliphatic heterocycles. The summed E-state index contributed by atoms with van der Waals surface area (Å²) < 4.78 is 6.61. The fraction of sp³-hybridized carbons (Fsp3) is 0.333. The summed E-state index contributed by atoms with van der Waals surface area (Å²) in [6.45, 7) is 7.51. The number of methoxy groups -OCH3 is 1. The quantitative estimate of drug-likeness (QED) is 0.344. The molecule has 0 aliphatic rings. The molecule has 1 aromatic carbocycles. The van der Waals surface area contributed by atoms with Crippen molar-refractivity contribution in [1.29, 1.82) is 0 Å². The average Bonchev–Trinajstić information content (AvgIpc) is 3.46. The number of ether oxygens (including phenoxy) is 1. The zero-order valence-corrected chi connectivity index (χ0v) is 22.1. The van der Waals surface area contributed by atoms with Gasteiger partial charge in [0.25, 0.3) is 11.5 Å². The van der Waals surface area contributed by atoms with E-state index in [0.29, 0.717) is 43.6 Å². The molecule has 3 aromatic heterocycles. The van der Waals surface area contributed by atoms with Crippen LogP contribution in [0, 0.1) is 6.92 Å². The van der Waals surface area contributed by atoms with E-state index in [2.05, 4.69) is 25.8 Å². The predicted molar refractivity (Wildman–Crippen MR) is 142 cm³/mol. The van der Waals surface area contributed by atoms with E-state index >= 15 is 0 Å². The van der Waals surface area contributed by atoms with E-state index in [0.717, 1.165) is 16.3 Å². The zero-order valence-electron chi connectivity index (χ0n) is 20.5. The van der Waals surface area contributed by atoms with Gasteiger partial charge in [-0.2, -0.15) is 0 Å². The van der Waals surface area contributed by atoms with Crippen LogP contribution in [0.1, 0.15) is 59.4 Å². The van der Waals surface area contributed by atoms with Gasteiger partial charge in [0.2, 0.25) is 11.0 Å². The molecule has 36 heavy (non-hydrogen) atoms. The van der Waals surface area contributed by atoms with Crippen molar-refractivity contribution in [2.45, 2.75) is 46.1 Å². The van der Waals surface area contributed by atoms with Gasteiger partial charge < -0.3 is 10.1 Å². The first kappa shape index (κ1) is 25.5. The normalized spacial score (nSPS) is 12.1. The van der Waals surface area contributed by atoms with E-state index in [9.17, 15) is 14.4 Å². The molecule has 0 radical (unpaired) electrons. The number of rotatable bonds is 8. The van der Waals surface area contributed by atoms with Crippen molar-refractivity contribution in [3.63, 3.8) is 0 Å². The van der Waals surface area contributed by atoms with Crippen LogP contribution in [0.5, 0.6) is 5.75 Å². The minimum atomic E-state index is -0.800. The molecule has 1 unspecified atom stereocenters. The van der Waals surface area contributed by atoms with Crippen molar-refractivity contribution in [2.75, 3.05) is 17.7 Å². The van der Waals surface area contributed by atoms with Crippen molar-refractivity contribution in [1.82, 2.24) is 19.7 Å². The van der Waals surface area contributed by atoms with Crippen LogP contribution in [0.3, 0.4) is 0 Å². The van der Waals surface area contributed by atoms with Crippen molar-refractivity contribution in [3.05, 3.63) is 56.4 Å². The number of hydrogen-bond donors (Lipinski definition) is 2. The molecule has 3 heterocycles. The van der Waals surface area contributed by atoms with Gasteiger partial charge >= 0.3 is 0 Å². The van der Waals surface area contributed by atoms with E-state index in [4.69, 9.17) is 4.74 Å². The summed E-state index contributed by atoms with van der Waals surface area (Å²) in [5, 5.41) is 15.2. The number of amides is 2. The first-order valence-corrected chi connectivity index (χ1v) is 13.0. The predicted octanol–water partition coefficient (Wildman–Crippen LogP) is 4.59. The van der Waals surface area contributed by atoms with Gasteiger partial charge in [-0.3, -0.25) is 24.3 Å². The lowest BCUT2D eigenvalue weighted by Gasteiger charge is -2.16. The Morgan fingerprint density at radius 1 is 1.14 bits per heavy atom. The molecule has 2 amide bonds. The molecule has 4 aromatic rings. The third-order valence-electron chi connectivity index (χ3n) is 5.63. The second-order valence-electron chi connectivity index (χ2n) is 8.36. The third kappa shape index (κ3) is 4.86. The van der Waals surface area contributed by atoms with Crippen molar-refractivity contribution in [3.8, 4) is 5.75 Å². The Labute approximate surface area is 215 Å². The smallest absolute Gasteiger partial charge is 0.266 e. The van der Waals surface area contributed by atoms with Crippen molar-refractivity contribution < 1.29 is 14.3 Å². The SMILES string of the molecule is CCC(C(=O)Nc1nnc(C(C)C)s1)n1cnc2sc(C(=O)Nc3ccccc3OC)c(C)c2c1=O. The van der Waals surface area contributed by atoms with E-state index in [1.807, 2.05) is 20.8 Å². The van der Waals surface area contributed by atoms with Crippen molar-refractivity contribution in [2.24, 2.45) is 0 Å². The highest BCUT2D eigenvalue weighted by molar-refractivity contribution is 7.20. The number of nitrogens with zero attached hydrogens (tertiary/aromatic N) is 4. The van der Waals surface area contributed by atoms with E-state index in [1.165, 1.54) is 29.3 Å². The average molecular weight is 527 g/mol. The van der Waals surface area contributed by atoms with Crippen LogP contribution in [0.15, 0.2) is 35.4 Å². The lowest BCUT2D eigenvalue weighted by molar-refractivity contribution is -0.119. The summed E-state index contributed by atoms with van der Waals surface area (Å²) >= 11 is 2.43. The highest BCUT2D eigenvalue weighted by Gasteiger charge is 2.25. The highest BCUT2D eigenvalue weighted by Crippen LogP contribution is 2.30. The van der Waals surface area contributed by atoms with Gasteiger partial charge in [0, 0.05) is 5.92 Å². The monoisotopic (exact) mass is 526 g/mol. The molecule has 0 saturated carbocycles. The summed E-state index contributed by atoms with van der Waals surface area (Å²) in [5.74, 6) is -0.0275. The van der Waals surface area contributed by atoms with Gasteiger partial charge in [-0.25, -0.2) is 4.98 Å². The maximum absolute atomic E-state index is 13.5. The highest BCUT2D eigenvalue weighted by atomic mass is 32.1. The summed E-state index contributed by atoms with van der Waals surface area (Å²) in [6, 6.07) is 6.27. The lowest BCUT2D eigenvalue weighted by Crippen LogP contribution is -2.33. The van der Waals surface area contributed by atoms with Crippen LogP contribution in [0.4, 0.5) is 10.8 Å². The van der Waals surface area contributed by atoms with Crippen LogP contribution in [-0.4, -0.2) is 38.7 Å². The van der Waals surface area contributed by atoms with Gasteiger partial charge in [0.1, 0.15) is 21.6 Å². The fourth-order valence-corrected chi connectivity index (χ4v) is 5.50. The second-order valence-corrected chi connectivity index (χ2v) is 10.4. The second kappa shape index (κ2) is 10.5. The molecule has 0 aliphatic carbocycles. The number of thiophene rings is 1. The Hall–Kier alpha value is -3.64. The number of hydrogen-bond acceptors (Lipinski definition) is 9. The summed E-state index contributed by atoms with van der Waals surface area (Å²) in [4.78, 5) is 44.8. The molecule has 10 nitrogen and oxygen atoms in total. The Balaban J connectivity index is 1.64. The van der Waals surface area contributed by atoms with Crippen LogP contribution in [0.2, 0.25) is 0 Å². The van der Waals surface area contributed by atoms with Crippen molar-refractivity contribution >= 4 is 55.5 Å². The summed E-state index contributed by atoms with van der Waals surface area (Å²) in [6.07, 6.45) is 1.72. The molecule has 12 heteroatoms. The number of fused-ring (bicyclic) bond motifs is 1. The zero-order chi connectivity index (χ0) is 26.0. The first-order valence-electron chi connectivity index (χ1n) is 11.3. The third-order valence-corrected chi connectivity index (χ3v) is 7.96. The largest absolute Gasteiger partial charge is 0.495 e. The number of aryl methyl sites for hydroxylation is 1. The van der Waals surface area contributed by atoms with Crippen LogP contribution in [-0.2, 0) is 4.79 Å². The molecular weight excluding hydrogens is 500 g/mol. The Morgan fingerprint density at radius 3 is 2.56 bits per heavy atom. The van der Waals surface area contributed by atoms with Gasteiger partial charge in [0.15, 0.2) is 0 Å². The van der Waals surface area contributed by atoms with E-state index < -0.39 is 6.04 Å². The van der Waals surface area contributed by atoms with Crippen LogP contribution in [0.25, 0.3) is 10.2 Å². The Bertz CT molecular complexity index is 1490. The molecule has 2 N–H and O–H groups in total. The van der Waals surface area contributed by atoms with Gasteiger partial charge in [0.05, 0.1) is 29.4 Å². The standard InChI is InChI=1S/C24H26N6O4S2/c1-6-15(19(31)27-24-29-28-21(36-24)12(2)3)30-11-25-22-17(23(30)33)13(4)18(35-22)20(32)26-14-9-7-8-10-16(14)34-5/h7-12,15H,6H2,1-5H3,(H,26,32)(H,27,29,31). The molecule has 0 bridgehead atoms. The van der Waals surface area contributed by atoms with Crippen LogP contribution < -0.4 is 20.9 Å². The topological polar surface area (TPSA) is 128 Å². The molecule has 4 rings (SSSR count). The van der Waals surface area contributed by atoms with E-state index in [1.54, 1.807) is 31.2 Å². The number of carbonyl (C=O) groups is 2. The number of nitrogens with one attached hydrogen (secondary N) is 2. The van der Waals surface area contributed by atoms with Gasteiger partial charge in [-0.1, -0.05) is 44.2 Å². The summed E-state index contributed by atoms with van der Waals surface area (Å²) in [5.41, 5.74) is 0.648. The molecule has 0 saturated heterocycles. The van der Waals surface area contributed by atoms with E-state index in [-0.39, 0.29) is 23.3 Å². The minimum Gasteiger partial charge on any atom is -0.495 e. The maximum Gasteiger partial charge on any atom is 0.266 e. The summed E-state index contributed by atoms with van der Waals surface area (Å²) in [7, 11) is 1.52. The first-order chi connectivity index (χ1) is 17.2. The molecule has 0 fully saturated rings. The van der Waals surface area contributed by atoms with Gasteiger partial charge in [-0.15, -0.1) is 21.5 Å². The number of para-hydroxylation sites is 2. The lowest BCUT2D eigenvalue weighted by atomic mass is 10.1. The Morgan fingerprint density at radius 2 is 1.89 bits per heavy atom. The molecule has 188 valence electrons. The fourth-order valence-electron chi connectivity index (χ4n) is 3.72. The molecular formula is C24H26N6O4S2. The molecule has 1 atom stereocenters. The maximum atomic E-state index is 13.5. The number of benzene rings is 1. The number of anilines is 2. The Kier molecular flexibility index (Phi) is 7.45. The minimum absolute atomic E-state index is 0.195. The molecule has 0 spiro atoms. The number of aromatic nitrogens is 4. The van der Waals surface area contributed by atoms with Crippen LogP contribution >= 0.6 is 22.7 Å². The van der Waals surface area contributed by atoms with Gasteiger partial charge in [-0.05, 0) is 31.0 Å². The number of carbonyl (C=O) groups excluding carboxylic acids is 2.